The topological polar surface area (TPSA) is 35.1 Å². The molecule has 0 aliphatic rings. The maximum absolute atomic E-state index is 5.90. The lowest BCUT2D eigenvalue weighted by Gasteiger charge is -2.11. The van der Waals surface area contributed by atoms with Crippen LogP contribution in [0.2, 0.25) is 0 Å². The maximum Gasteiger partial charge on any atom is 0.137 e. The Hall–Kier alpha value is -1.84. The highest BCUT2D eigenvalue weighted by molar-refractivity contribution is 5.70. The number of nitrogens with two attached hydrogens (primary N) is 1. The summed E-state index contributed by atoms with van der Waals surface area (Å²) in [6.07, 6.45) is 0. The first-order chi connectivity index (χ1) is 9.92. The third-order valence-electron chi connectivity index (χ3n) is 3.08. The van der Waals surface area contributed by atoms with Gasteiger partial charge in [-0.1, -0.05) is 48.5 Å². The summed E-state index contributed by atoms with van der Waals surface area (Å²) in [6.45, 7) is 3.39. The van der Waals surface area contributed by atoms with Crippen molar-refractivity contribution >= 4 is 0 Å². The highest BCUT2D eigenvalue weighted by Crippen LogP contribution is 2.29. The minimum Gasteiger partial charge on any atom is -0.487 e. The summed E-state index contributed by atoms with van der Waals surface area (Å²) in [7, 11) is 1.72. The molecule has 0 saturated heterocycles. The van der Waals surface area contributed by atoms with Gasteiger partial charge in [-0.25, -0.2) is 0 Å². The minimum atomic E-state index is 0.702. The largest absolute Gasteiger partial charge is 0.487 e. The van der Waals surface area contributed by atoms with Gasteiger partial charge in [0.15, 0.2) is 0 Å². The number of rotatable bonds is 8. The number of ether oxygens (including phenoxy) is 2. The van der Waals surface area contributed by atoms with Crippen molar-refractivity contribution in [3.8, 4) is 16.9 Å². The highest BCUT2D eigenvalue weighted by atomic mass is 16.5. The second-order valence-corrected chi connectivity index (χ2v) is 4.57. The Kier molecular flexibility index (Phi) is 6.08. The first kappa shape index (κ1) is 14.6. The fourth-order valence-corrected chi connectivity index (χ4v) is 2.05. The average Bonchev–Trinajstić information content (AvgIpc) is 2.52. The van der Waals surface area contributed by atoms with Gasteiger partial charge in [0.05, 0.1) is 13.2 Å². The zero-order chi connectivity index (χ0) is 14.0. The van der Waals surface area contributed by atoms with Crippen molar-refractivity contribution in [2.45, 2.75) is 0 Å². The van der Waals surface area contributed by atoms with Crippen LogP contribution in [-0.2, 0) is 4.74 Å². The molecular formula is C17H22NO2+. The number of para-hydroxylation sites is 1. The van der Waals surface area contributed by atoms with Crippen molar-refractivity contribution in [3.05, 3.63) is 54.6 Å². The predicted molar refractivity (Wildman–Crippen MR) is 80.9 cm³/mol. The van der Waals surface area contributed by atoms with Crippen molar-refractivity contribution in [2.24, 2.45) is 0 Å². The number of hydrogen-bond donors (Lipinski definition) is 1. The molecule has 106 valence electrons. The zero-order valence-corrected chi connectivity index (χ0v) is 11.9. The van der Waals surface area contributed by atoms with Crippen molar-refractivity contribution in [3.63, 3.8) is 0 Å². The molecule has 0 bridgehead atoms. The van der Waals surface area contributed by atoms with Gasteiger partial charge < -0.3 is 14.8 Å². The van der Waals surface area contributed by atoms with E-state index in [1.807, 2.05) is 36.4 Å². The van der Waals surface area contributed by atoms with Gasteiger partial charge in [-0.05, 0) is 11.6 Å². The average molecular weight is 272 g/mol. The molecule has 0 aliphatic heterocycles. The Labute approximate surface area is 120 Å². The maximum atomic E-state index is 5.90. The van der Waals surface area contributed by atoms with Gasteiger partial charge in [-0.15, -0.1) is 0 Å². The number of methoxy groups -OCH3 is 1. The summed E-state index contributed by atoms with van der Waals surface area (Å²) in [5.41, 5.74) is 2.33. The molecule has 0 unspecified atom stereocenters. The lowest BCUT2D eigenvalue weighted by molar-refractivity contribution is -0.656. The predicted octanol–water partition coefficient (Wildman–Crippen LogP) is 1.94. The number of quaternary nitrogens is 1. The Morgan fingerprint density at radius 1 is 0.850 bits per heavy atom. The van der Waals surface area contributed by atoms with E-state index >= 15 is 0 Å². The highest BCUT2D eigenvalue weighted by Gasteiger charge is 2.05. The van der Waals surface area contributed by atoms with Crippen LogP contribution < -0.4 is 10.1 Å². The molecule has 20 heavy (non-hydrogen) atoms. The van der Waals surface area contributed by atoms with E-state index in [1.165, 1.54) is 5.56 Å². The number of benzene rings is 2. The lowest BCUT2D eigenvalue weighted by atomic mass is 10.1. The van der Waals surface area contributed by atoms with Crippen LogP contribution in [0.3, 0.4) is 0 Å². The molecule has 0 heterocycles. The standard InChI is InChI=1S/C17H21NO2/c1-19-13-11-18-12-14-20-17-10-6-5-9-16(17)15-7-3-2-4-8-15/h2-10,18H,11-14H2,1H3/p+1. The molecule has 0 atom stereocenters. The van der Waals surface area contributed by atoms with E-state index in [0.717, 1.165) is 31.0 Å². The van der Waals surface area contributed by atoms with Gasteiger partial charge in [0.1, 0.15) is 18.9 Å². The quantitative estimate of drug-likeness (QED) is 0.745. The zero-order valence-electron chi connectivity index (χ0n) is 11.9. The molecule has 2 rings (SSSR count). The Morgan fingerprint density at radius 3 is 2.35 bits per heavy atom. The Balaban J connectivity index is 1.92. The number of hydrogen-bond acceptors (Lipinski definition) is 2. The van der Waals surface area contributed by atoms with Crippen molar-refractivity contribution in [2.75, 3.05) is 33.4 Å². The van der Waals surface area contributed by atoms with Crippen molar-refractivity contribution in [1.82, 2.24) is 0 Å². The van der Waals surface area contributed by atoms with Crippen LogP contribution in [0.25, 0.3) is 11.1 Å². The fraction of sp³-hybridized carbons (Fsp3) is 0.294. The van der Waals surface area contributed by atoms with Gasteiger partial charge >= 0.3 is 0 Å². The van der Waals surface area contributed by atoms with E-state index in [2.05, 4.69) is 23.5 Å². The molecule has 2 aromatic carbocycles. The molecule has 3 heteroatoms. The van der Waals surface area contributed by atoms with Crippen LogP contribution in [0.5, 0.6) is 5.75 Å². The van der Waals surface area contributed by atoms with E-state index in [-0.39, 0.29) is 0 Å². The normalized spacial score (nSPS) is 10.4. The molecule has 0 saturated carbocycles. The van der Waals surface area contributed by atoms with Gasteiger partial charge in [0.25, 0.3) is 0 Å². The molecule has 2 aromatic rings. The molecular weight excluding hydrogens is 250 g/mol. The third-order valence-corrected chi connectivity index (χ3v) is 3.08. The Morgan fingerprint density at radius 2 is 1.55 bits per heavy atom. The second kappa shape index (κ2) is 8.35. The van der Waals surface area contributed by atoms with Crippen LogP contribution in [-0.4, -0.2) is 33.4 Å². The monoisotopic (exact) mass is 272 g/mol. The molecule has 0 aliphatic carbocycles. The summed E-state index contributed by atoms with van der Waals surface area (Å²) in [5, 5.41) is 2.20. The van der Waals surface area contributed by atoms with Gasteiger partial charge in [-0.3, -0.25) is 0 Å². The van der Waals surface area contributed by atoms with E-state index in [1.54, 1.807) is 7.11 Å². The van der Waals surface area contributed by atoms with Crippen LogP contribution in [0.1, 0.15) is 0 Å². The van der Waals surface area contributed by atoms with Gasteiger partial charge in [0.2, 0.25) is 0 Å². The molecule has 0 radical (unpaired) electrons. The van der Waals surface area contributed by atoms with Gasteiger partial charge in [0, 0.05) is 12.7 Å². The van der Waals surface area contributed by atoms with E-state index < -0.39 is 0 Å². The first-order valence-corrected chi connectivity index (χ1v) is 6.99. The first-order valence-electron chi connectivity index (χ1n) is 6.99. The summed E-state index contributed by atoms with van der Waals surface area (Å²) in [4.78, 5) is 0. The Bertz CT molecular complexity index is 499. The van der Waals surface area contributed by atoms with Crippen molar-refractivity contribution < 1.29 is 14.8 Å². The van der Waals surface area contributed by atoms with Crippen LogP contribution >= 0.6 is 0 Å². The summed E-state index contributed by atoms with van der Waals surface area (Å²) < 4.78 is 10.9. The van der Waals surface area contributed by atoms with E-state index in [4.69, 9.17) is 9.47 Å². The van der Waals surface area contributed by atoms with Crippen LogP contribution in [0, 0.1) is 0 Å². The molecule has 0 spiro atoms. The molecule has 0 fully saturated rings. The van der Waals surface area contributed by atoms with E-state index in [9.17, 15) is 0 Å². The van der Waals surface area contributed by atoms with Crippen LogP contribution in [0.15, 0.2) is 54.6 Å². The van der Waals surface area contributed by atoms with Crippen molar-refractivity contribution in [1.29, 1.82) is 0 Å². The minimum absolute atomic E-state index is 0.702. The van der Waals surface area contributed by atoms with E-state index in [0.29, 0.717) is 6.61 Å². The second-order valence-electron chi connectivity index (χ2n) is 4.57. The fourth-order valence-electron chi connectivity index (χ4n) is 2.05. The molecule has 2 N–H and O–H groups in total. The SMILES string of the molecule is COCC[NH2+]CCOc1ccccc1-c1ccccc1. The molecule has 3 nitrogen and oxygen atoms in total. The summed E-state index contributed by atoms with van der Waals surface area (Å²) >= 11 is 0. The smallest absolute Gasteiger partial charge is 0.137 e. The molecule has 0 aromatic heterocycles. The molecule has 0 amide bonds. The lowest BCUT2D eigenvalue weighted by Crippen LogP contribution is -2.86. The summed E-state index contributed by atoms with van der Waals surface area (Å²) in [6, 6.07) is 18.5. The summed E-state index contributed by atoms with van der Waals surface area (Å²) in [5.74, 6) is 0.943. The third kappa shape index (κ3) is 4.37. The van der Waals surface area contributed by atoms with Crippen LogP contribution in [0.4, 0.5) is 0 Å². The van der Waals surface area contributed by atoms with Gasteiger partial charge in [-0.2, -0.15) is 0 Å².